The maximum Gasteiger partial charge on any atom is 0.150 e. The van der Waals surface area contributed by atoms with E-state index in [1.807, 2.05) is 13.8 Å². The third-order valence-corrected chi connectivity index (χ3v) is 2.99. The summed E-state index contributed by atoms with van der Waals surface area (Å²) in [5.74, 6) is 0. The highest BCUT2D eigenvalue weighted by Crippen LogP contribution is 2.10. The van der Waals surface area contributed by atoms with Gasteiger partial charge >= 0.3 is 0 Å². The number of hydrogen-bond acceptors (Lipinski definition) is 2. The van der Waals surface area contributed by atoms with E-state index in [-0.39, 0.29) is 5.25 Å². The summed E-state index contributed by atoms with van der Waals surface area (Å²) < 4.78 is 14.2. The van der Waals surface area contributed by atoms with Gasteiger partial charge in [-0.1, -0.05) is 0 Å². The molecule has 0 aliphatic heterocycles. The third-order valence-electron chi connectivity index (χ3n) is 1.69. The first-order valence-electron chi connectivity index (χ1n) is 4.36. The fourth-order valence-corrected chi connectivity index (χ4v) is 1.47. The molecule has 3 nitrogen and oxygen atoms in total. The number of carbonyl (C=O) groups excluding carboxylic acids is 1. The van der Waals surface area contributed by atoms with Gasteiger partial charge in [0, 0.05) is 16.5 Å². The quantitative estimate of drug-likeness (QED) is 0.774. The maximum atomic E-state index is 11.4. The van der Waals surface area contributed by atoms with Gasteiger partial charge in [-0.15, -0.1) is 0 Å². The second-order valence-corrected chi connectivity index (χ2v) is 4.93. The first-order chi connectivity index (χ1) is 6.63. The van der Waals surface area contributed by atoms with Crippen LogP contribution in [0.4, 0.5) is 5.69 Å². The van der Waals surface area contributed by atoms with Gasteiger partial charge in [0.05, 0.1) is 0 Å². The molecule has 0 aliphatic carbocycles. The predicted octanol–water partition coefficient (Wildman–Crippen LogP) is 1.98. The molecule has 1 unspecified atom stereocenters. The van der Waals surface area contributed by atoms with Crippen LogP contribution in [0.15, 0.2) is 24.3 Å². The maximum absolute atomic E-state index is 11.4. The summed E-state index contributed by atoms with van der Waals surface area (Å²) in [6.45, 7) is 3.76. The molecule has 1 atom stereocenters. The molecule has 0 amide bonds. The summed E-state index contributed by atoms with van der Waals surface area (Å²) in [5.41, 5.74) is 1.38. The molecule has 14 heavy (non-hydrogen) atoms. The van der Waals surface area contributed by atoms with Crippen LogP contribution < -0.4 is 4.72 Å². The van der Waals surface area contributed by atoms with Crippen molar-refractivity contribution in [3.05, 3.63) is 29.8 Å². The van der Waals surface area contributed by atoms with E-state index >= 15 is 0 Å². The summed E-state index contributed by atoms with van der Waals surface area (Å²) in [7, 11) is -1.07. The molecule has 4 heteroatoms. The first kappa shape index (κ1) is 10.9. The highest BCUT2D eigenvalue weighted by atomic mass is 32.2. The van der Waals surface area contributed by atoms with Gasteiger partial charge in [-0.05, 0) is 38.1 Å². The fraction of sp³-hybridized carbons (Fsp3) is 0.300. The Kier molecular flexibility index (Phi) is 3.83. The highest BCUT2D eigenvalue weighted by molar-refractivity contribution is 7.86. The van der Waals surface area contributed by atoms with E-state index in [0.29, 0.717) is 5.56 Å². The second-order valence-electron chi connectivity index (χ2n) is 3.19. The number of carbonyl (C=O) groups is 1. The summed E-state index contributed by atoms with van der Waals surface area (Å²) >= 11 is 0. The van der Waals surface area contributed by atoms with Crippen LogP contribution in [0, 0.1) is 0 Å². The molecule has 0 saturated carbocycles. The minimum absolute atomic E-state index is 0.0701. The molecular weight excluding hydrogens is 198 g/mol. The summed E-state index contributed by atoms with van der Waals surface area (Å²) in [6, 6.07) is 6.85. The Hall–Kier alpha value is -1.16. The number of hydrogen-bond donors (Lipinski definition) is 1. The van der Waals surface area contributed by atoms with E-state index in [0.717, 1.165) is 12.0 Å². The molecule has 0 fully saturated rings. The van der Waals surface area contributed by atoms with Crippen LogP contribution in [-0.2, 0) is 11.0 Å². The fourth-order valence-electron chi connectivity index (χ4n) is 0.864. The SMILES string of the molecule is CC(C)S(=O)Nc1ccc(C=O)cc1. The Morgan fingerprint density at radius 2 is 1.86 bits per heavy atom. The zero-order valence-corrected chi connectivity index (χ0v) is 9.01. The topological polar surface area (TPSA) is 46.2 Å². The molecule has 1 rings (SSSR count). The molecule has 0 aromatic heterocycles. The Bertz CT molecular complexity index is 332. The predicted molar refractivity (Wildman–Crippen MR) is 58.7 cm³/mol. The van der Waals surface area contributed by atoms with Gasteiger partial charge < -0.3 is 4.72 Å². The number of aldehydes is 1. The standard InChI is InChI=1S/C10H13NO2S/c1-8(2)14(13)11-10-5-3-9(7-12)4-6-10/h3-8,11H,1-2H3. The Balaban J connectivity index is 2.69. The van der Waals surface area contributed by atoms with Crippen LogP contribution in [0.5, 0.6) is 0 Å². The smallest absolute Gasteiger partial charge is 0.150 e. The van der Waals surface area contributed by atoms with Crippen LogP contribution in [0.2, 0.25) is 0 Å². The lowest BCUT2D eigenvalue weighted by Crippen LogP contribution is -2.14. The zero-order valence-electron chi connectivity index (χ0n) is 8.19. The molecule has 0 saturated heterocycles. The average Bonchev–Trinajstić information content (AvgIpc) is 2.19. The van der Waals surface area contributed by atoms with Crippen molar-refractivity contribution in [2.24, 2.45) is 0 Å². The van der Waals surface area contributed by atoms with Crippen molar-refractivity contribution >= 4 is 23.0 Å². The molecule has 0 radical (unpaired) electrons. The third kappa shape index (κ3) is 2.96. The van der Waals surface area contributed by atoms with Gasteiger partial charge in [0.1, 0.15) is 17.3 Å². The average molecular weight is 211 g/mol. The van der Waals surface area contributed by atoms with Gasteiger partial charge in [0.15, 0.2) is 0 Å². The lowest BCUT2D eigenvalue weighted by molar-refractivity contribution is 0.112. The van der Waals surface area contributed by atoms with E-state index in [9.17, 15) is 9.00 Å². The van der Waals surface area contributed by atoms with E-state index in [2.05, 4.69) is 4.72 Å². The van der Waals surface area contributed by atoms with E-state index in [4.69, 9.17) is 0 Å². The Labute approximate surface area is 86.1 Å². The van der Waals surface area contributed by atoms with Crippen LogP contribution >= 0.6 is 0 Å². The highest BCUT2D eigenvalue weighted by Gasteiger charge is 2.04. The minimum Gasteiger partial charge on any atom is -0.305 e. The van der Waals surface area contributed by atoms with Crippen molar-refractivity contribution < 1.29 is 9.00 Å². The van der Waals surface area contributed by atoms with Crippen molar-refractivity contribution in [2.45, 2.75) is 19.1 Å². The first-order valence-corrected chi connectivity index (χ1v) is 5.57. The molecular formula is C10H13NO2S. The number of nitrogens with one attached hydrogen (secondary N) is 1. The largest absolute Gasteiger partial charge is 0.305 e. The number of rotatable bonds is 4. The van der Waals surface area contributed by atoms with Crippen molar-refractivity contribution in [1.29, 1.82) is 0 Å². The van der Waals surface area contributed by atoms with Crippen LogP contribution in [0.1, 0.15) is 24.2 Å². The minimum atomic E-state index is -1.07. The van der Waals surface area contributed by atoms with Crippen LogP contribution in [-0.4, -0.2) is 15.7 Å². The van der Waals surface area contributed by atoms with Crippen molar-refractivity contribution in [1.82, 2.24) is 0 Å². The van der Waals surface area contributed by atoms with Gasteiger partial charge in [-0.2, -0.15) is 0 Å². The van der Waals surface area contributed by atoms with Crippen LogP contribution in [0.25, 0.3) is 0 Å². The summed E-state index contributed by atoms with van der Waals surface area (Å²) in [4.78, 5) is 10.4. The Morgan fingerprint density at radius 3 is 2.29 bits per heavy atom. The Morgan fingerprint density at radius 1 is 1.29 bits per heavy atom. The van der Waals surface area contributed by atoms with Crippen LogP contribution in [0.3, 0.4) is 0 Å². The lowest BCUT2D eigenvalue weighted by Gasteiger charge is -2.08. The molecule has 76 valence electrons. The number of benzene rings is 1. The normalized spacial score (nSPS) is 12.5. The summed E-state index contributed by atoms with van der Waals surface area (Å²) in [6.07, 6.45) is 0.781. The van der Waals surface area contributed by atoms with Gasteiger partial charge in [0.25, 0.3) is 0 Å². The molecule has 1 N–H and O–H groups in total. The van der Waals surface area contributed by atoms with E-state index in [1.54, 1.807) is 24.3 Å². The zero-order chi connectivity index (χ0) is 10.6. The molecule has 1 aromatic rings. The molecule has 0 bridgehead atoms. The lowest BCUT2D eigenvalue weighted by atomic mass is 10.2. The number of anilines is 1. The molecule has 0 heterocycles. The van der Waals surface area contributed by atoms with E-state index in [1.165, 1.54) is 0 Å². The van der Waals surface area contributed by atoms with Crippen molar-refractivity contribution in [3.8, 4) is 0 Å². The monoisotopic (exact) mass is 211 g/mol. The van der Waals surface area contributed by atoms with Crippen molar-refractivity contribution in [3.63, 3.8) is 0 Å². The second kappa shape index (κ2) is 4.91. The van der Waals surface area contributed by atoms with Crippen molar-refractivity contribution in [2.75, 3.05) is 4.72 Å². The summed E-state index contributed by atoms with van der Waals surface area (Å²) in [5, 5.41) is 0.0701. The van der Waals surface area contributed by atoms with Gasteiger partial charge in [-0.25, -0.2) is 4.21 Å². The van der Waals surface area contributed by atoms with E-state index < -0.39 is 11.0 Å². The van der Waals surface area contributed by atoms with Gasteiger partial charge in [0.2, 0.25) is 0 Å². The van der Waals surface area contributed by atoms with Gasteiger partial charge in [-0.3, -0.25) is 4.79 Å². The molecule has 1 aromatic carbocycles. The molecule has 0 aliphatic rings. The molecule has 0 spiro atoms.